The van der Waals surface area contributed by atoms with Gasteiger partial charge in [0.25, 0.3) is 0 Å². The van der Waals surface area contributed by atoms with Gasteiger partial charge in [-0.1, -0.05) is 25.7 Å². The molecule has 0 aromatic carbocycles. The van der Waals surface area contributed by atoms with Gasteiger partial charge in [-0.05, 0) is 19.4 Å². The highest BCUT2D eigenvalue weighted by molar-refractivity contribution is 5.64. The lowest BCUT2D eigenvalue weighted by atomic mass is 9.98. The van der Waals surface area contributed by atoms with Gasteiger partial charge < -0.3 is 15.7 Å². The first-order chi connectivity index (χ1) is 6.72. The highest BCUT2D eigenvalue weighted by atomic mass is 16.4. The summed E-state index contributed by atoms with van der Waals surface area (Å²) in [4.78, 5) is 10.5. The minimum Gasteiger partial charge on any atom is -0.465 e. The fourth-order valence-corrected chi connectivity index (χ4v) is 2.26. The number of amides is 1. The summed E-state index contributed by atoms with van der Waals surface area (Å²) in [6.07, 6.45) is 5.22. The van der Waals surface area contributed by atoms with Crippen molar-refractivity contribution in [1.29, 1.82) is 0 Å². The van der Waals surface area contributed by atoms with Crippen molar-refractivity contribution < 1.29 is 9.90 Å². The summed E-state index contributed by atoms with van der Waals surface area (Å²) in [5.41, 5.74) is 0. The molecule has 4 heteroatoms. The minimum atomic E-state index is -0.914. The molecule has 1 atom stereocenters. The zero-order valence-electron chi connectivity index (χ0n) is 8.75. The van der Waals surface area contributed by atoms with Gasteiger partial charge in [-0.15, -0.1) is 0 Å². The third-order valence-corrected chi connectivity index (χ3v) is 2.87. The average molecular weight is 200 g/mol. The molecule has 0 aliphatic heterocycles. The van der Waals surface area contributed by atoms with Crippen LogP contribution in [0.3, 0.4) is 0 Å². The van der Waals surface area contributed by atoms with Gasteiger partial charge in [-0.3, -0.25) is 0 Å². The molecule has 3 N–H and O–H groups in total. The van der Waals surface area contributed by atoms with E-state index in [9.17, 15) is 4.79 Å². The summed E-state index contributed by atoms with van der Waals surface area (Å²) in [5, 5.41) is 14.2. The Morgan fingerprint density at radius 2 is 2.14 bits per heavy atom. The van der Waals surface area contributed by atoms with Crippen LogP contribution in [0.1, 0.15) is 32.1 Å². The van der Waals surface area contributed by atoms with E-state index in [1.165, 1.54) is 25.7 Å². The maximum Gasteiger partial charge on any atom is 0.404 e. The van der Waals surface area contributed by atoms with Gasteiger partial charge in [0.1, 0.15) is 0 Å². The molecule has 4 nitrogen and oxygen atoms in total. The second kappa shape index (κ2) is 5.86. The third kappa shape index (κ3) is 3.96. The lowest BCUT2D eigenvalue weighted by molar-refractivity contribution is 0.187. The summed E-state index contributed by atoms with van der Waals surface area (Å²) < 4.78 is 0. The van der Waals surface area contributed by atoms with Crippen LogP contribution in [0.4, 0.5) is 4.79 Å². The molecule has 1 aliphatic rings. The summed E-state index contributed by atoms with van der Waals surface area (Å²) in [5.74, 6) is 0.722. The Morgan fingerprint density at radius 1 is 1.50 bits per heavy atom. The Labute approximate surface area is 85.1 Å². The zero-order chi connectivity index (χ0) is 10.4. The molecule has 0 bridgehead atoms. The predicted octanol–water partition coefficient (Wildman–Crippen LogP) is 1.42. The van der Waals surface area contributed by atoms with Crippen molar-refractivity contribution in [2.24, 2.45) is 5.92 Å². The molecule has 1 amide bonds. The van der Waals surface area contributed by atoms with Crippen molar-refractivity contribution in [3.63, 3.8) is 0 Å². The molecular weight excluding hydrogens is 180 g/mol. The SMILES string of the molecule is CNCC(CC1CCCC1)NC(=O)O. The Morgan fingerprint density at radius 3 is 2.64 bits per heavy atom. The van der Waals surface area contributed by atoms with E-state index in [1.807, 2.05) is 7.05 Å². The van der Waals surface area contributed by atoms with Gasteiger partial charge in [0.15, 0.2) is 0 Å². The van der Waals surface area contributed by atoms with E-state index in [4.69, 9.17) is 5.11 Å². The number of hydrogen-bond acceptors (Lipinski definition) is 2. The van der Waals surface area contributed by atoms with E-state index in [2.05, 4.69) is 10.6 Å². The van der Waals surface area contributed by atoms with Crippen LogP contribution in [0, 0.1) is 5.92 Å². The second-order valence-electron chi connectivity index (χ2n) is 4.09. The van der Waals surface area contributed by atoms with Crippen molar-refractivity contribution in [3.8, 4) is 0 Å². The Kier molecular flexibility index (Phi) is 4.73. The Hall–Kier alpha value is -0.770. The van der Waals surface area contributed by atoms with Gasteiger partial charge in [0.2, 0.25) is 0 Å². The van der Waals surface area contributed by atoms with Crippen LogP contribution < -0.4 is 10.6 Å². The Balaban J connectivity index is 2.29. The normalized spacial score (nSPS) is 19.5. The van der Waals surface area contributed by atoms with Gasteiger partial charge in [0, 0.05) is 12.6 Å². The fourth-order valence-electron chi connectivity index (χ4n) is 2.26. The van der Waals surface area contributed by atoms with Crippen molar-refractivity contribution >= 4 is 6.09 Å². The molecule has 1 fully saturated rings. The fraction of sp³-hybridized carbons (Fsp3) is 0.900. The van der Waals surface area contributed by atoms with E-state index >= 15 is 0 Å². The van der Waals surface area contributed by atoms with Crippen molar-refractivity contribution in [1.82, 2.24) is 10.6 Å². The summed E-state index contributed by atoms with van der Waals surface area (Å²) in [6, 6.07) is 0.0700. The largest absolute Gasteiger partial charge is 0.465 e. The quantitative estimate of drug-likeness (QED) is 0.629. The molecule has 1 rings (SSSR count). The first-order valence-electron chi connectivity index (χ1n) is 5.36. The molecule has 0 spiro atoms. The van der Waals surface area contributed by atoms with E-state index < -0.39 is 6.09 Å². The maximum absolute atomic E-state index is 10.5. The average Bonchev–Trinajstić information content (AvgIpc) is 2.56. The molecule has 14 heavy (non-hydrogen) atoms. The number of hydrogen-bond donors (Lipinski definition) is 3. The standard InChI is InChI=1S/C10H20N2O2/c1-11-7-9(12-10(13)14)6-8-4-2-3-5-8/h8-9,11-12H,2-7H2,1H3,(H,13,14). The van der Waals surface area contributed by atoms with Crippen molar-refractivity contribution in [2.75, 3.05) is 13.6 Å². The summed E-state index contributed by atoms with van der Waals surface area (Å²) in [7, 11) is 1.85. The smallest absolute Gasteiger partial charge is 0.404 e. The summed E-state index contributed by atoms with van der Waals surface area (Å²) >= 11 is 0. The third-order valence-electron chi connectivity index (χ3n) is 2.87. The number of carboxylic acid groups (broad SMARTS) is 1. The molecule has 0 aromatic rings. The van der Waals surface area contributed by atoms with E-state index in [-0.39, 0.29) is 6.04 Å². The van der Waals surface area contributed by atoms with Gasteiger partial charge in [0.05, 0.1) is 0 Å². The number of carbonyl (C=O) groups is 1. The topological polar surface area (TPSA) is 61.4 Å². The molecule has 82 valence electrons. The van der Waals surface area contributed by atoms with Crippen LogP contribution in [0.25, 0.3) is 0 Å². The molecule has 0 saturated heterocycles. The van der Waals surface area contributed by atoms with Crippen LogP contribution in [0.15, 0.2) is 0 Å². The van der Waals surface area contributed by atoms with Crippen LogP contribution in [0.5, 0.6) is 0 Å². The highest BCUT2D eigenvalue weighted by Crippen LogP contribution is 2.28. The van der Waals surface area contributed by atoms with Crippen molar-refractivity contribution in [2.45, 2.75) is 38.1 Å². The second-order valence-corrected chi connectivity index (χ2v) is 4.09. The predicted molar refractivity (Wildman–Crippen MR) is 55.5 cm³/mol. The monoisotopic (exact) mass is 200 g/mol. The first kappa shape index (κ1) is 11.3. The highest BCUT2D eigenvalue weighted by Gasteiger charge is 2.20. The molecule has 0 radical (unpaired) electrons. The summed E-state index contributed by atoms with van der Waals surface area (Å²) in [6.45, 7) is 0.725. The lowest BCUT2D eigenvalue weighted by Crippen LogP contribution is -2.41. The van der Waals surface area contributed by atoms with E-state index in [1.54, 1.807) is 0 Å². The first-order valence-corrected chi connectivity index (χ1v) is 5.36. The molecule has 0 heterocycles. The minimum absolute atomic E-state index is 0.0700. The van der Waals surface area contributed by atoms with Crippen LogP contribution in [-0.2, 0) is 0 Å². The number of likely N-dealkylation sites (N-methyl/N-ethyl adjacent to an activating group) is 1. The van der Waals surface area contributed by atoms with E-state index in [0.717, 1.165) is 18.9 Å². The molecule has 1 aliphatic carbocycles. The van der Waals surface area contributed by atoms with Crippen LogP contribution in [0.2, 0.25) is 0 Å². The molecule has 1 unspecified atom stereocenters. The van der Waals surface area contributed by atoms with Gasteiger partial charge >= 0.3 is 6.09 Å². The molecular formula is C10H20N2O2. The maximum atomic E-state index is 10.5. The number of rotatable bonds is 5. The van der Waals surface area contributed by atoms with E-state index in [0.29, 0.717) is 0 Å². The molecule has 1 saturated carbocycles. The number of nitrogens with one attached hydrogen (secondary N) is 2. The van der Waals surface area contributed by atoms with Gasteiger partial charge in [-0.25, -0.2) is 4.79 Å². The van der Waals surface area contributed by atoms with Gasteiger partial charge in [-0.2, -0.15) is 0 Å². The van der Waals surface area contributed by atoms with Crippen molar-refractivity contribution in [3.05, 3.63) is 0 Å². The zero-order valence-corrected chi connectivity index (χ0v) is 8.75. The van der Waals surface area contributed by atoms with Crippen LogP contribution >= 0.6 is 0 Å². The van der Waals surface area contributed by atoms with Crippen LogP contribution in [-0.4, -0.2) is 30.8 Å². The Bertz CT molecular complexity index is 179. The lowest BCUT2D eigenvalue weighted by Gasteiger charge is -2.19. The molecule has 0 aromatic heterocycles.